The Hall–Kier alpha value is -0.287. The van der Waals surface area contributed by atoms with Crippen molar-refractivity contribution in [2.75, 3.05) is 0 Å². The molecule has 0 saturated heterocycles. The standard InChI is InChI=1S/2C5H5.CH2.Zr/c2*1-2-4-5-3-1;;/h2*1-5H;1H2;. The van der Waals surface area contributed by atoms with Crippen molar-refractivity contribution in [3.8, 4) is 0 Å². The molecule has 2 aliphatic carbocycles. The molecule has 0 heterocycles. The summed E-state index contributed by atoms with van der Waals surface area (Å²) in [6.07, 6.45) is 17.8. The SMILES string of the molecule is [CH2]=[Zr]([CH]1C=CC=C1)[CH]1C=CC=C1. The van der Waals surface area contributed by atoms with E-state index in [1.54, 1.807) is 0 Å². The summed E-state index contributed by atoms with van der Waals surface area (Å²) in [5.74, 6) is 0. The molecule has 2 rings (SSSR count). The number of hydrogen-bond acceptors (Lipinski definition) is 0. The molecule has 0 radical (unpaired) electrons. The quantitative estimate of drug-likeness (QED) is 0.690. The molecule has 0 saturated carbocycles. The summed E-state index contributed by atoms with van der Waals surface area (Å²) in [4.78, 5) is 0. The summed E-state index contributed by atoms with van der Waals surface area (Å²) in [6.45, 7) is 0. The van der Waals surface area contributed by atoms with E-state index in [2.05, 4.69) is 52.8 Å². The topological polar surface area (TPSA) is 0 Å². The van der Waals surface area contributed by atoms with Crippen molar-refractivity contribution in [3.05, 3.63) is 48.6 Å². The molecule has 0 spiro atoms. The van der Waals surface area contributed by atoms with Gasteiger partial charge in [-0.05, 0) is 0 Å². The Bertz CT molecular complexity index is 251. The van der Waals surface area contributed by atoms with E-state index in [9.17, 15) is 0 Å². The van der Waals surface area contributed by atoms with E-state index in [1.165, 1.54) is 0 Å². The zero-order valence-electron chi connectivity index (χ0n) is 6.98. The third-order valence-corrected chi connectivity index (χ3v) is 8.45. The van der Waals surface area contributed by atoms with E-state index in [1.807, 2.05) is 0 Å². The monoisotopic (exact) mass is 234 g/mol. The third kappa shape index (κ3) is 1.56. The number of allylic oxidation sites excluding steroid dienone is 8. The van der Waals surface area contributed by atoms with Crippen LogP contribution in [-0.4, -0.2) is 4.21 Å². The van der Waals surface area contributed by atoms with Gasteiger partial charge < -0.3 is 0 Å². The van der Waals surface area contributed by atoms with Gasteiger partial charge in [-0.3, -0.25) is 0 Å². The first-order valence-electron chi connectivity index (χ1n) is 4.26. The summed E-state index contributed by atoms with van der Waals surface area (Å²) in [5.41, 5.74) is 0. The van der Waals surface area contributed by atoms with Gasteiger partial charge in [0, 0.05) is 0 Å². The molecule has 12 heavy (non-hydrogen) atoms. The molecular weight excluding hydrogens is 223 g/mol. The first-order valence-corrected chi connectivity index (χ1v) is 8.84. The zero-order valence-corrected chi connectivity index (χ0v) is 9.44. The van der Waals surface area contributed by atoms with E-state index < -0.39 is 21.3 Å². The fourth-order valence-electron chi connectivity index (χ4n) is 1.58. The van der Waals surface area contributed by atoms with Crippen molar-refractivity contribution in [3.63, 3.8) is 0 Å². The Morgan fingerprint density at radius 3 is 1.42 bits per heavy atom. The van der Waals surface area contributed by atoms with Gasteiger partial charge in [0.25, 0.3) is 0 Å². The van der Waals surface area contributed by atoms with E-state index >= 15 is 0 Å². The molecule has 1 heteroatoms. The van der Waals surface area contributed by atoms with Gasteiger partial charge in [0.15, 0.2) is 0 Å². The van der Waals surface area contributed by atoms with Crippen LogP contribution in [0.25, 0.3) is 0 Å². The van der Waals surface area contributed by atoms with E-state index in [4.69, 9.17) is 0 Å². The second kappa shape index (κ2) is 3.62. The fraction of sp³-hybridized carbons (Fsp3) is 0.182. The van der Waals surface area contributed by atoms with Gasteiger partial charge in [-0.15, -0.1) is 0 Å². The fourth-order valence-corrected chi connectivity index (χ4v) is 6.20. The van der Waals surface area contributed by atoms with Crippen molar-refractivity contribution in [1.82, 2.24) is 0 Å². The van der Waals surface area contributed by atoms with E-state index in [-0.39, 0.29) is 0 Å². The Morgan fingerprint density at radius 1 is 0.750 bits per heavy atom. The van der Waals surface area contributed by atoms with Crippen LogP contribution in [0.3, 0.4) is 0 Å². The average Bonchev–Trinajstić information content (AvgIpc) is 2.77. The van der Waals surface area contributed by atoms with Crippen LogP contribution in [-0.2, 0) is 21.3 Å². The van der Waals surface area contributed by atoms with Gasteiger partial charge in [-0.25, -0.2) is 0 Å². The first-order chi connectivity index (χ1) is 5.88. The van der Waals surface area contributed by atoms with Crippen LogP contribution in [0.15, 0.2) is 48.6 Å². The van der Waals surface area contributed by atoms with Crippen molar-refractivity contribution < 1.29 is 21.3 Å². The molecule has 0 unspecified atom stereocenters. The molecule has 0 atom stereocenters. The van der Waals surface area contributed by atoms with Crippen LogP contribution in [0, 0.1) is 0 Å². The third-order valence-electron chi connectivity index (χ3n) is 2.35. The van der Waals surface area contributed by atoms with Crippen LogP contribution < -0.4 is 0 Å². The normalized spacial score (nSPS) is 21.3. The van der Waals surface area contributed by atoms with Gasteiger partial charge in [0.2, 0.25) is 0 Å². The van der Waals surface area contributed by atoms with Crippen LogP contribution in [0.5, 0.6) is 0 Å². The Labute approximate surface area is 81.1 Å². The summed E-state index contributed by atoms with van der Waals surface area (Å²) in [6, 6.07) is 0. The second-order valence-corrected chi connectivity index (χ2v) is 9.27. The van der Waals surface area contributed by atoms with Crippen LogP contribution in [0.1, 0.15) is 0 Å². The van der Waals surface area contributed by atoms with Crippen LogP contribution >= 0.6 is 0 Å². The van der Waals surface area contributed by atoms with Crippen LogP contribution in [0.2, 0.25) is 7.25 Å². The minimum absolute atomic E-state index is 0.727. The molecule has 0 amide bonds. The predicted octanol–water partition coefficient (Wildman–Crippen LogP) is 2.87. The van der Waals surface area contributed by atoms with Crippen molar-refractivity contribution in [2.24, 2.45) is 0 Å². The molecule has 0 N–H and O–H groups in total. The predicted molar refractivity (Wildman–Crippen MR) is 51.2 cm³/mol. The second-order valence-electron chi connectivity index (χ2n) is 3.17. The van der Waals surface area contributed by atoms with Crippen molar-refractivity contribution >= 4 is 4.21 Å². The van der Waals surface area contributed by atoms with Gasteiger partial charge >= 0.3 is 81.3 Å². The molecule has 0 nitrogen and oxygen atoms in total. The molecule has 0 fully saturated rings. The molecule has 0 aromatic heterocycles. The summed E-state index contributed by atoms with van der Waals surface area (Å²) < 4.78 is 5.85. The van der Waals surface area contributed by atoms with Gasteiger partial charge in [-0.2, -0.15) is 0 Å². The first kappa shape index (κ1) is 8.32. The summed E-state index contributed by atoms with van der Waals surface area (Å²) in [7, 11) is 0. The number of hydrogen-bond donors (Lipinski definition) is 0. The van der Waals surface area contributed by atoms with Crippen LogP contribution in [0.4, 0.5) is 0 Å². The van der Waals surface area contributed by atoms with Gasteiger partial charge in [0.05, 0.1) is 0 Å². The Balaban J connectivity index is 2.09. The molecule has 0 aromatic carbocycles. The average molecular weight is 235 g/mol. The van der Waals surface area contributed by atoms with Gasteiger partial charge in [-0.1, -0.05) is 0 Å². The molecule has 0 aliphatic heterocycles. The minimum atomic E-state index is -1.47. The summed E-state index contributed by atoms with van der Waals surface area (Å²) >= 11 is -1.47. The number of rotatable bonds is 2. The van der Waals surface area contributed by atoms with Gasteiger partial charge in [0.1, 0.15) is 0 Å². The molecule has 0 aromatic rings. The molecule has 60 valence electrons. The van der Waals surface area contributed by atoms with Crippen molar-refractivity contribution in [1.29, 1.82) is 0 Å². The van der Waals surface area contributed by atoms with E-state index in [0.717, 1.165) is 7.25 Å². The summed E-state index contributed by atoms with van der Waals surface area (Å²) in [5, 5.41) is 0. The maximum atomic E-state index is 4.39. The zero-order chi connectivity index (χ0) is 8.39. The van der Waals surface area contributed by atoms with Crippen molar-refractivity contribution in [2.45, 2.75) is 7.25 Å². The molecule has 0 bridgehead atoms. The molecule has 2 aliphatic rings. The Morgan fingerprint density at radius 2 is 1.08 bits per heavy atom. The molecular formula is C11H12Zr. The Kier molecular flexibility index (Phi) is 2.51. The van der Waals surface area contributed by atoms with E-state index in [0.29, 0.717) is 0 Å². The maximum absolute atomic E-state index is 4.39.